The molecular formula is C50H68O12. The predicted molar refractivity (Wildman–Crippen MR) is 226 cm³/mol. The highest BCUT2D eigenvalue weighted by atomic mass is 16.8. The number of hydrogen-bond acceptors (Lipinski definition) is 12. The number of ether oxygens (including phenoxy) is 4. The van der Waals surface area contributed by atoms with Crippen LogP contribution in [-0.4, -0.2) is 105 Å². The van der Waals surface area contributed by atoms with E-state index >= 15 is 0 Å². The quantitative estimate of drug-likeness (QED) is 0.243. The van der Waals surface area contributed by atoms with Gasteiger partial charge in [-0.2, -0.15) is 0 Å². The lowest BCUT2D eigenvalue weighted by atomic mass is 9.46. The molecule has 0 bridgehead atoms. The zero-order valence-corrected chi connectivity index (χ0v) is 37.1. The minimum Gasteiger partial charge on any atom is -0.393 e. The Morgan fingerprint density at radius 1 is 0.742 bits per heavy atom. The number of carbonyl (C=O) groups is 4. The Hall–Kier alpha value is -2.68. The third-order valence-corrected chi connectivity index (χ3v) is 18.2. The average Bonchev–Trinajstić information content (AvgIpc) is 3.90. The first kappa shape index (κ1) is 40.8. The van der Waals surface area contributed by atoms with Crippen LogP contribution in [0, 0.1) is 57.2 Å². The average molecular weight is 864 g/mol. The maximum Gasteiger partial charge on any atom is 0.193 e. The lowest BCUT2D eigenvalue weighted by Gasteiger charge is -2.59. The van der Waals surface area contributed by atoms with E-state index in [9.17, 15) is 39.6 Å². The van der Waals surface area contributed by atoms with Gasteiger partial charge in [-0.15, -0.1) is 0 Å². The number of Topliss-reactive ketones (excluding diaryl/α,β-unsaturated/α-hetero) is 2. The first-order valence-electron chi connectivity index (χ1n) is 24.7. The zero-order valence-electron chi connectivity index (χ0n) is 40.1. The van der Waals surface area contributed by atoms with Crippen LogP contribution in [-0.2, 0) is 38.1 Å². The van der Waals surface area contributed by atoms with Crippen LogP contribution in [0.25, 0.3) is 0 Å². The van der Waals surface area contributed by atoms with E-state index in [0.717, 1.165) is 24.8 Å². The second-order valence-electron chi connectivity index (χ2n) is 21.1. The standard InChI is InChI=1S/2C25H34O6/c2*1-4-5-21-30-20-11-17-16-7-6-14-10-15(27)8-9-23(14,2)22(16)18(28)12-24(17,3)25(20,31-21)19(29)13-26/h2*8-10,16-18,20-22,26,28H,4-7,11-13H2,1-3H3/t2*16-,17-,18-,20+,21?,22+,23-,24-,25+/m00/s1/i21D;6D2. The fourth-order valence-electron chi connectivity index (χ4n) is 15.7. The number of ketones is 4. The molecule has 10 aliphatic rings. The maximum absolute atomic E-state index is 13.3. The predicted octanol–water partition coefficient (Wildman–Crippen LogP) is 5.43. The lowest BCUT2D eigenvalue weighted by Crippen LogP contribution is -2.63. The molecule has 62 heavy (non-hydrogen) atoms. The molecule has 2 heterocycles. The van der Waals surface area contributed by atoms with E-state index < -0.39 is 101 Å². The van der Waals surface area contributed by atoms with Gasteiger partial charge in [-0.25, -0.2) is 0 Å². The lowest BCUT2D eigenvalue weighted by molar-refractivity contribution is -0.200. The van der Waals surface area contributed by atoms with Crippen LogP contribution in [0.2, 0.25) is 0 Å². The van der Waals surface area contributed by atoms with E-state index in [4.69, 9.17) is 23.1 Å². The zero-order chi connectivity index (χ0) is 47.1. The summed E-state index contributed by atoms with van der Waals surface area (Å²) in [4.78, 5) is 50.7. The highest BCUT2D eigenvalue weighted by Gasteiger charge is 2.77. The van der Waals surface area contributed by atoms with E-state index in [1.165, 1.54) is 12.2 Å². The number of allylic oxidation sites excluding steroid dienone is 8. The van der Waals surface area contributed by atoms with Crippen LogP contribution < -0.4 is 0 Å². The van der Waals surface area contributed by atoms with Crippen LogP contribution in [0.1, 0.15) is 123 Å². The molecule has 10 rings (SSSR count). The van der Waals surface area contributed by atoms with Gasteiger partial charge in [0.05, 0.1) is 25.8 Å². The fraction of sp³-hybridized carbons (Fsp3) is 0.760. The monoisotopic (exact) mass is 863 g/mol. The Balaban J connectivity index is 0.000000164. The van der Waals surface area contributed by atoms with E-state index in [2.05, 4.69) is 6.92 Å². The maximum atomic E-state index is 13.3. The van der Waals surface area contributed by atoms with Gasteiger partial charge in [-0.1, -0.05) is 77.7 Å². The van der Waals surface area contributed by atoms with Crippen molar-refractivity contribution in [2.75, 3.05) is 13.2 Å². The van der Waals surface area contributed by atoms with Crippen molar-refractivity contribution in [3.8, 4) is 0 Å². The van der Waals surface area contributed by atoms with Crippen molar-refractivity contribution < 1.29 is 62.7 Å². The summed E-state index contributed by atoms with van der Waals surface area (Å²) in [5, 5.41) is 42.9. The fourth-order valence-corrected chi connectivity index (χ4v) is 15.7. The van der Waals surface area contributed by atoms with Crippen molar-refractivity contribution in [1.82, 2.24) is 0 Å². The van der Waals surface area contributed by atoms with E-state index in [1.807, 2.05) is 40.7 Å². The van der Waals surface area contributed by atoms with Crippen LogP contribution in [0.5, 0.6) is 0 Å². The van der Waals surface area contributed by atoms with E-state index in [-0.39, 0.29) is 59.9 Å². The van der Waals surface area contributed by atoms with E-state index in [1.54, 1.807) is 18.2 Å². The molecular weight excluding hydrogens is 793 g/mol. The summed E-state index contributed by atoms with van der Waals surface area (Å²) in [5.74, 6) is -1.66. The number of rotatable bonds is 8. The van der Waals surface area contributed by atoms with Crippen molar-refractivity contribution in [3.05, 3.63) is 47.6 Å². The van der Waals surface area contributed by atoms with Gasteiger partial charge in [-0.05, 0) is 112 Å². The first-order chi connectivity index (χ1) is 30.5. The summed E-state index contributed by atoms with van der Waals surface area (Å²) in [7, 11) is 0. The summed E-state index contributed by atoms with van der Waals surface area (Å²) < 4.78 is 51.3. The summed E-state index contributed by atoms with van der Waals surface area (Å²) in [5.41, 5.74) is -4.00. The number of aliphatic hydroxyl groups excluding tert-OH is 4. The van der Waals surface area contributed by atoms with Crippen molar-refractivity contribution in [2.24, 2.45) is 57.2 Å². The Kier molecular flexibility index (Phi) is 10.2. The molecule has 2 unspecified atom stereocenters. The SMILES string of the molecule is [2H]C1(CCC)O[C@@H]2C[C@H]3[C@@H]4CCC5=CC(=O)C=C[C@]5(C)[C@H]4[C@@H](O)C[C@]3(C)[C@]2(C(=O)CO)O1.[2H]C1([2H])C[C@@H]2[C@H]([C@@H](O)C[C@@]3(C)[C@H]2C[C@H]2OC(CCC)O[C@]23C(=O)CO)[C@@]2(C)C=CC(=O)C=C12. The molecule has 0 radical (unpaired) electrons. The summed E-state index contributed by atoms with van der Waals surface area (Å²) >= 11 is 0. The molecule has 2 aliphatic heterocycles. The largest absolute Gasteiger partial charge is 0.393 e. The van der Waals surface area contributed by atoms with Gasteiger partial charge in [0, 0.05) is 36.2 Å². The second kappa shape index (κ2) is 15.5. The molecule has 0 amide bonds. The molecule has 8 aliphatic carbocycles. The Labute approximate surface area is 369 Å². The van der Waals surface area contributed by atoms with Crippen LogP contribution in [0.4, 0.5) is 0 Å². The molecule has 0 aromatic rings. The normalized spacial score (nSPS) is 53.1. The number of hydrogen-bond donors (Lipinski definition) is 4. The molecule has 12 nitrogen and oxygen atoms in total. The summed E-state index contributed by atoms with van der Waals surface area (Å²) in [6, 6.07) is 0. The summed E-state index contributed by atoms with van der Waals surface area (Å²) in [6.07, 6.45) is 9.35. The molecule has 18 atom stereocenters. The first-order valence-corrected chi connectivity index (χ1v) is 23.2. The minimum atomic E-state index is -1.72. The number of carbonyl (C=O) groups excluding carboxylic acids is 4. The number of aliphatic hydroxyl groups is 4. The third-order valence-electron chi connectivity index (χ3n) is 18.2. The smallest absolute Gasteiger partial charge is 0.193 e. The van der Waals surface area contributed by atoms with Crippen molar-refractivity contribution in [3.63, 3.8) is 0 Å². The second-order valence-corrected chi connectivity index (χ2v) is 21.1. The molecule has 8 fully saturated rings. The van der Waals surface area contributed by atoms with Gasteiger partial charge in [0.1, 0.15) is 13.2 Å². The molecule has 4 N–H and O–H groups in total. The molecule has 0 spiro atoms. The van der Waals surface area contributed by atoms with Gasteiger partial charge in [0.15, 0.2) is 46.9 Å². The molecule has 2 saturated heterocycles. The van der Waals surface area contributed by atoms with Crippen molar-refractivity contribution >= 4 is 23.1 Å². The molecule has 12 heteroatoms. The van der Waals surface area contributed by atoms with Gasteiger partial charge in [0.25, 0.3) is 0 Å². The Morgan fingerprint density at radius 2 is 1.24 bits per heavy atom. The number of fused-ring (bicyclic) bond motifs is 14. The third kappa shape index (κ3) is 5.92. The van der Waals surface area contributed by atoms with Crippen LogP contribution >= 0.6 is 0 Å². The molecule has 0 aromatic heterocycles. The Morgan fingerprint density at radius 3 is 1.79 bits per heavy atom. The van der Waals surface area contributed by atoms with Gasteiger partial charge in [0.2, 0.25) is 0 Å². The van der Waals surface area contributed by atoms with Crippen molar-refractivity contribution in [2.45, 2.75) is 167 Å². The minimum absolute atomic E-state index is 0.00142. The van der Waals surface area contributed by atoms with Crippen molar-refractivity contribution in [1.29, 1.82) is 0 Å². The molecule has 340 valence electrons. The highest BCUT2D eigenvalue weighted by molar-refractivity contribution is 6.01. The van der Waals surface area contributed by atoms with Gasteiger partial charge in [-0.3, -0.25) is 19.2 Å². The van der Waals surface area contributed by atoms with E-state index in [0.29, 0.717) is 44.1 Å². The molecule has 0 aromatic carbocycles. The van der Waals surface area contributed by atoms with Crippen LogP contribution in [0.3, 0.4) is 0 Å². The molecule has 6 saturated carbocycles. The van der Waals surface area contributed by atoms with Crippen LogP contribution in [0.15, 0.2) is 47.6 Å². The Bertz CT molecular complexity index is 2160. The summed E-state index contributed by atoms with van der Waals surface area (Å²) in [6.45, 7) is 10.6. The topological polar surface area (TPSA) is 186 Å². The van der Waals surface area contributed by atoms with Gasteiger partial charge < -0.3 is 39.4 Å². The van der Waals surface area contributed by atoms with Gasteiger partial charge >= 0.3 is 0 Å². The highest BCUT2D eigenvalue weighted by Crippen LogP contribution is 2.71.